The third kappa shape index (κ3) is 5.27. The molecule has 4 aromatic rings. The number of sulfonamides is 2. The second-order valence-electron chi connectivity index (χ2n) is 7.95. The predicted octanol–water partition coefficient (Wildman–Crippen LogP) is 4.48. The minimum absolute atomic E-state index is 0.0301. The SMILES string of the molecule is COc1ccc(S(=O)(=O)Nc2ccc(NS(=O)(=O)c3ccc(OC)c(OC)c3)c3ccccc23)cc1OC. The molecule has 0 atom stereocenters. The van der Waals surface area contributed by atoms with Gasteiger partial charge in [0.15, 0.2) is 23.0 Å². The monoisotopic (exact) mass is 558 g/mol. The van der Waals surface area contributed by atoms with Crippen LogP contribution in [0.5, 0.6) is 23.0 Å². The van der Waals surface area contributed by atoms with Crippen molar-refractivity contribution in [3.8, 4) is 23.0 Å². The third-order valence-corrected chi connectivity index (χ3v) is 8.47. The molecule has 200 valence electrons. The summed E-state index contributed by atoms with van der Waals surface area (Å²) < 4.78 is 78.7. The predicted molar refractivity (Wildman–Crippen MR) is 145 cm³/mol. The lowest BCUT2D eigenvalue weighted by atomic mass is 10.1. The number of rotatable bonds is 10. The van der Waals surface area contributed by atoms with E-state index < -0.39 is 20.0 Å². The van der Waals surface area contributed by atoms with Crippen LogP contribution in [0.3, 0.4) is 0 Å². The van der Waals surface area contributed by atoms with Crippen LogP contribution in [0.2, 0.25) is 0 Å². The van der Waals surface area contributed by atoms with Crippen LogP contribution in [0.15, 0.2) is 82.6 Å². The van der Waals surface area contributed by atoms with E-state index in [0.717, 1.165) is 0 Å². The Kier molecular flexibility index (Phi) is 7.56. The fourth-order valence-electron chi connectivity index (χ4n) is 3.85. The van der Waals surface area contributed by atoms with Crippen molar-refractivity contribution in [2.45, 2.75) is 9.79 Å². The smallest absolute Gasteiger partial charge is 0.262 e. The van der Waals surface area contributed by atoms with Crippen molar-refractivity contribution in [1.29, 1.82) is 0 Å². The van der Waals surface area contributed by atoms with Crippen LogP contribution in [0.1, 0.15) is 0 Å². The largest absolute Gasteiger partial charge is 0.493 e. The zero-order valence-corrected chi connectivity index (χ0v) is 22.6. The van der Waals surface area contributed by atoms with Crippen molar-refractivity contribution < 1.29 is 35.8 Å². The van der Waals surface area contributed by atoms with Gasteiger partial charge in [0, 0.05) is 22.9 Å². The van der Waals surface area contributed by atoms with E-state index in [1.807, 2.05) is 0 Å². The van der Waals surface area contributed by atoms with Gasteiger partial charge in [-0.1, -0.05) is 24.3 Å². The van der Waals surface area contributed by atoms with Gasteiger partial charge in [-0.05, 0) is 36.4 Å². The molecule has 0 unspecified atom stereocenters. The van der Waals surface area contributed by atoms with Crippen molar-refractivity contribution in [3.05, 3.63) is 72.8 Å². The maximum Gasteiger partial charge on any atom is 0.262 e. The summed E-state index contributed by atoms with van der Waals surface area (Å²) in [5.74, 6) is 1.31. The van der Waals surface area contributed by atoms with Gasteiger partial charge in [0.1, 0.15) is 0 Å². The van der Waals surface area contributed by atoms with Gasteiger partial charge in [-0.25, -0.2) is 16.8 Å². The Balaban J connectivity index is 1.70. The van der Waals surface area contributed by atoms with Crippen molar-refractivity contribution in [2.24, 2.45) is 0 Å². The average Bonchev–Trinajstić information content (AvgIpc) is 2.93. The maximum absolute atomic E-state index is 13.2. The zero-order chi connectivity index (χ0) is 27.5. The lowest BCUT2D eigenvalue weighted by Gasteiger charge is -2.16. The van der Waals surface area contributed by atoms with E-state index in [1.54, 1.807) is 24.3 Å². The van der Waals surface area contributed by atoms with E-state index >= 15 is 0 Å². The maximum atomic E-state index is 13.2. The Labute approximate surface area is 221 Å². The Morgan fingerprint density at radius 1 is 0.500 bits per heavy atom. The summed E-state index contributed by atoms with van der Waals surface area (Å²) in [5.41, 5.74) is 0.536. The molecular formula is C26H26N2O8S2. The summed E-state index contributed by atoms with van der Waals surface area (Å²) in [5, 5.41) is 0.980. The normalized spacial score (nSPS) is 11.6. The molecule has 0 heterocycles. The number of ether oxygens (including phenoxy) is 4. The Hall–Kier alpha value is -4.16. The number of anilines is 2. The minimum atomic E-state index is -4.02. The topological polar surface area (TPSA) is 129 Å². The summed E-state index contributed by atoms with van der Waals surface area (Å²) >= 11 is 0. The molecule has 4 aromatic carbocycles. The molecule has 0 aliphatic heterocycles. The van der Waals surface area contributed by atoms with E-state index in [9.17, 15) is 16.8 Å². The van der Waals surface area contributed by atoms with Gasteiger partial charge in [0.2, 0.25) is 0 Å². The van der Waals surface area contributed by atoms with Gasteiger partial charge < -0.3 is 18.9 Å². The van der Waals surface area contributed by atoms with Crippen LogP contribution in [0.4, 0.5) is 11.4 Å². The molecule has 0 saturated carbocycles. The molecule has 4 rings (SSSR count). The highest BCUT2D eigenvalue weighted by Crippen LogP contribution is 2.35. The number of nitrogens with one attached hydrogen (secondary N) is 2. The zero-order valence-electron chi connectivity index (χ0n) is 21.0. The summed E-state index contributed by atoms with van der Waals surface area (Å²) in [7, 11) is -2.30. The van der Waals surface area contributed by atoms with Gasteiger partial charge >= 0.3 is 0 Å². The first kappa shape index (κ1) is 26.9. The molecular weight excluding hydrogens is 532 g/mol. The number of hydrogen-bond acceptors (Lipinski definition) is 8. The molecule has 0 aliphatic rings. The second-order valence-corrected chi connectivity index (χ2v) is 11.3. The Morgan fingerprint density at radius 2 is 0.868 bits per heavy atom. The molecule has 0 saturated heterocycles. The highest BCUT2D eigenvalue weighted by atomic mass is 32.2. The fourth-order valence-corrected chi connectivity index (χ4v) is 6.04. The first-order valence-electron chi connectivity index (χ1n) is 11.1. The molecule has 2 N–H and O–H groups in total. The van der Waals surface area contributed by atoms with Gasteiger partial charge in [0.25, 0.3) is 20.0 Å². The van der Waals surface area contributed by atoms with E-state index in [2.05, 4.69) is 9.44 Å². The Morgan fingerprint density at radius 3 is 1.21 bits per heavy atom. The number of methoxy groups -OCH3 is 4. The fraction of sp³-hybridized carbons (Fsp3) is 0.154. The van der Waals surface area contributed by atoms with Crippen molar-refractivity contribution in [3.63, 3.8) is 0 Å². The molecule has 0 radical (unpaired) electrons. The molecule has 0 spiro atoms. The quantitative estimate of drug-likeness (QED) is 0.292. The standard InChI is InChI=1S/C26H26N2O8S2/c1-33-23-13-9-17(15-25(23)35-3)37(29,30)27-21-11-12-22(20-8-6-5-7-19(20)21)28-38(31,32)18-10-14-24(34-2)26(16-18)36-4/h5-16,27-28H,1-4H3. The Bertz CT molecular complexity index is 1580. The van der Waals surface area contributed by atoms with Crippen LogP contribution in [0.25, 0.3) is 10.8 Å². The molecule has 0 aromatic heterocycles. The summed E-state index contributed by atoms with van der Waals surface area (Å²) in [6.45, 7) is 0. The first-order chi connectivity index (χ1) is 18.1. The molecule has 10 nitrogen and oxygen atoms in total. The van der Waals surface area contributed by atoms with Crippen LogP contribution >= 0.6 is 0 Å². The van der Waals surface area contributed by atoms with Crippen LogP contribution in [-0.4, -0.2) is 45.3 Å². The van der Waals surface area contributed by atoms with Gasteiger partial charge in [-0.3, -0.25) is 9.44 Å². The minimum Gasteiger partial charge on any atom is -0.493 e. The van der Waals surface area contributed by atoms with E-state index in [0.29, 0.717) is 22.3 Å². The lowest BCUT2D eigenvalue weighted by molar-refractivity contribution is 0.354. The van der Waals surface area contributed by atoms with Crippen molar-refractivity contribution in [2.75, 3.05) is 37.9 Å². The molecule has 0 amide bonds. The highest BCUT2D eigenvalue weighted by molar-refractivity contribution is 7.93. The molecule has 0 fully saturated rings. The molecule has 0 bridgehead atoms. The van der Waals surface area contributed by atoms with Crippen LogP contribution < -0.4 is 28.4 Å². The molecule has 12 heteroatoms. The van der Waals surface area contributed by atoms with E-state index in [4.69, 9.17) is 18.9 Å². The number of fused-ring (bicyclic) bond motifs is 1. The summed E-state index contributed by atoms with van der Waals surface area (Å²) in [6.07, 6.45) is 0. The van der Waals surface area contributed by atoms with Gasteiger partial charge in [-0.15, -0.1) is 0 Å². The van der Waals surface area contributed by atoms with Crippen LogP contribution in [0, 0.1) is 0 Å². The van der Waals surface area contributed by atoms with E-state index in [1.165, 1.54) is 77.0 Å². The van der Waals surface area contributed by atoms with Crippen molar-refractivity contribution in [1.82, 2.24) is 0 Å². The summed E-state index contributed by atoms with van der Waals surface area (Å²) in [4.78, 5) is -0.0603. The highest BCUT2D eigenvalue weighted by Gasteiger charge is 2.21. The molecule has 0 aliphatic carbocycles. The number of hydrogen-bond donors (Lipinski definition) is 2. The van der Waals surface area contributed by atoms with Crippen LogP contribution in [-0.2, 0) is 20.0 Å². The van der Waals surface area contributed by atoms with Gasteiger partial charge in [-0.2, -0.15) is 0 Å². The molecule has 38 heavy (non-hydrogen) atoms. The third-order valence-electron chi connectivity index (χ3n) is 5.74. The van der Waals surface area contributed by atoms with Crippen molar-refractivity contribution >= 4 is 42.2 Å². The first-order valence-corrected chi connectivity index (χ1v) is 14.1. The van der Waals surface area contributed by atoms with E-state index in [-0.39, 0.29) is 32.7 Å². The summed E-state index contributed by atoms with van der Waals surface area (Å²) in [6, 6.07) is 18.3. The average molecular weight is 559 g/mol. The number of benzene rings is 4. The second kappa shape index (κ2) is 10.7. The van der Waals surface area contributed by atoms with Gasteiger partial charge in [0.05, 0.1) is 49.6 Å². The lowest BCUT2D eigenvalue weighted by Crippen LogP contribution is -2.15.